The fraction of sp³-hybridized carbons (Fsp3) is 0.900. The van der Waals surface area contributed by atoms with E-state index in [1.165, 1.54) is 12.8 Å². The minimum absolute atomic E-state index is 0.186. The molecule has 0 amide bonds. The zero-order chi connectivity index (χ0) is 9.24. The van der Waals surface area contributed by atoms with Crippen molar-refractivity contribution in [1.29, 1.82) is 5.26 Å². The predicted molar refractivity (Wildman–Crippen MR) is 49.7 cm³/mol. The molecular formula is C10H18N2. The first kappa shape index (κ1) is 9.54. The molecule has 2 nitrogen and oxygen atoms in total. The highest BCUT2D eigenvalue weighted by Gasteiger charge is 2.42. The summed E-state index contributed by atoms with van der Waals surface area (Å²) in [5.74, 6) is 0. The topological polar surface area (TPSA) is 35.8 Å². The van der Waals surface area contributed by atoms with E-state index in [1.54, 1.807) is 0 Å². The second kappa shape index (κ2) is 3.06. The highest BCUT2D eigenvalue weighted by molar-refractivity contribution is 5.01. The molecule has 0 heterocycles. The van der Waals surface area contributed by atoms with Crippen LogP contribution in [0.15, 0.2) is 0 Å². The van der Waals surface area contributed by atoms with Crippen LogP contribution in [-0.4, -0.2) is 12.1 Å². The second-order valence-electron chi connectivity index (χ2n) is 4.94. The van der Waals surface area contributed by atoms with Crippen LogP contribution in [0.2, 0.25) is 0 Å². The van der Waals surface area contributed by atoms with E-state index >= 15 is 0 Å². The van der Waals surface area contributed by atoms with Gasteiger partial charge in [0.05, 0.1) is 6.07 Å². The molecule has 0 saturated heterocycles. The molecule has 0 aromatic carbocycles. The Morgan fingerprint density at radius 3 is 2.33 bits per heavy atom. The molecule has 0 atom stereocenters. The highest BCUT2D eigenvalue weighted by atomic mass is 15.0. The van der Waals surface area contributed by atoms with Crippen molar-refractivity contribution < 1.29 is 0 Å². The van der Waals surface area contributed by atoms with Crippen LogP contribution in [0.1, 0.15) is 40.0 Å². The summed E-state index contributed by atoms with van der Waals surface area (Å²) >= 11 is 0. The summed E-state index contributed by atoms with van der Waals surface area (Å²) in [5, 5.41) is 12.1. The molecule has 1 rings (SSSR count). The fourth-order valence-electron chi connectivity index (χ4n) is 1.21. The Bertz CT molecular complexity index is 191. The van der Waals surface area contributed by atoms with Crippen LogP contribution in [0.3, 0.4) is 0 Å². The molecule has 1 N–H and O–H groups in total. The van der Waals surface area contributed by atoms with Gasteiger partial charge in [-0.3, -0.25) is 0 Å². The zero-order valence-electron chi connectivity index (χ0n) is 8.28. The summed E-state index contributed by atoms with van der Waals surface area (Å²) in [6.07, 6.45) is 3.17. The van der Waals surface area contributed by atoms with Crippen LogP contribution in [0.5, 0.6) is 0 Å². The molecule has 1 aliphatic carbocycles. The predicted octanol–water partition coefficient (Wildman–Crippen LogP) is 2.07. The van der Waals surface area contributed by atoms with Gasteiger partial charge >= 0.3 is 0 Å². The minimum atomic E-state index is 0.186. The smallest absolute Gasteiger partial charge is 0.0628 e. The van der Waals surface area contributed by atoms with E-state index in [2.05, 4.69) is 32.2 Å². The monoisotopic (exact) mass is 166 g/mol. The summed E-state index contributed by atoms with van der Waals surface area (Å²) in [6, 6.07) is 2.27. The number of nitrogens with one attached hydrogen (secondary N) is 1. The first-order valence-electron chi connectivity index (χ1n) is 4.59. The van der Waals surface area contributed by atoms with Crippen molar-refractivity contribution in [2.75, 3.05) is 6.54 Å². The third-order valence-corrected chi connectivity index (χ3v) is 2.40. The summed E-state index contributed by atoms with van der Waals surface area (Å²) in [4.78, 5) is 0. The molecule has 0 radical (unpaired) electrons. The van der Waals surface area contributed by atoms with Crippen LogP contribution >= 0.6 is 0 Å². The molecule has 2 heteroatoms. The molecule has 0 bridgehead atoms. The highest BCUT2D eigenvalue weighted by Crippen LogP contribution is 2.48. The van der Waals surface area contributed by atoms with Gasteiger partial charge in [-0.25, -0.2) is 0 Å². The van der Waals surface area contributed by atoms with E-state index in [0.29, 0.717) is 5.41 Å². The number of rotatable bonds is 3. The minimum Gasteiger partial charge on any atom is -0.311 e. The largest absolute Gasteiger partial charge is 0.311 e. The first-order chi connectivity index (χ1) is 5.47. The molecule has 0 aromatic heterocycles. The summed E-state index contributed by atoms with van der Waals surface area (Å²) < 4.78 is 0. The maximum absolute atomic E-state index is 8.59. The van der Waals surface area contributed by atoms with Crippen molar-refractivity contribution in [2.45, 2.75) is 45.6 Å². The third kappa shape index (κ3) is 2.83. The number of hydrogen-bond donors (Lipinski definition) is 1. The normalized spacial score (nSPS) is 20.2. The van der Waals surface area contributed by atoms with Crippen LogP contribution in [0.25, 0.3) is 0 Å². The standard InChI is InChI=1S/C10H18N2/c1-9(2,3)12-8-10(4-5-10)6-7-11/h12H,4-6,8H2,1-3H3. The Morgan fingerprint density at radius 1 is 1.42 bits per heavy atom. The Balaban J connectivity index is 2.28. The van der Waals surface area contributed by atoms with Gasteiger partial charge in [0.25, 0.3) is 0 Å². The molecule has 0 spiro atoms. The maximum Gasteiger partial charge on any atom is 0.0628 e. The van der Waals surface area contributed by atoms with Crippen molar-refractivity contribution in [3.05, 3.63) is 0 Å². The average molecular weight is 166 g/mol. The van der Waals surface area contributed by atoms with Crippen molar-refractivity contribution in [3.63, 3.8) is 0 Å². The lowest BCUT2D eigenvalue weighted by Gasteiger charge is -2.23. The Labute approximate surface area is 75.0 Å². The zero-order valence-corrected chi connectivity index (χ0v) is 8.28. The molecule has 1 fully saturated rings. The summed E-state index contributed by atoms with van der Waals surface area (Å²) in [6.45, 7) is 7.49. The fourth-order valence-corrected chi connectivity index (χ4v) is 1.21. The van der Waals surface area contributed by atoms with Gasteiger partial charge in [-0.05, 0) is 39.0 Å². The third-order valence-electron chi connectivity index (χ3n) is 2.40. The molecule has 12 heavy (non-hydrogen) atoms. The van der Waals surface area contributed by atoms with Gasteiger partial charge in [-0.2, -0.15) is 5.26 Å². The van der Waals surface area contributed by atoms with Gasteiger partial charge in [-0.1, -0.05) is 0 Å². The first-order valence-corrected chi connectivity index (χ1v) is 4.59. The quantitative estimate of drug-likeness (QED) is 0.696. The second-order valence-corrected chi connectivity index (χ2v) is 4.94. The van der Waals surface area contributed by atoms with Crippen molar-refractivity contribution in [1.82, 2.24) is 5.32 Å². The molecule has 1 saturated carbocycles. The lowest BCUT2D eigenvalue weighted by molar-refractivity contribution is 0.361. The van der Waals surface area contributed by atoms with Gasteiger partial charge in [0.1, 0.15) is 0 Å². The van der Waals surface area contributed by atoms with E-state index in [0.717, 1.165) is 13.0 Å². The van der Waals surface area contributed by atoms with Gasteiger partial charge < -0.3 is 5.32 Å². The van der Waals surface area contributed by atoms with Gasteiger partial charge in [0, 0.05) is 18.5 Å². The molecule has 1 aliphatic rings. The Morgan fingerprint density at radius 2 is 2.00 bits per heavy atom. The number of nitrogens with zero attached hydrogens (tertiary/aromatic N) is 1. The maximum atomic E-state index is 8.59. The van der Waals surface area contributed by atoms with Crippen molar-refractivity contribution in [3.8, 4) is 6.07 Å². The number of nitriles is 1. The van der Waals surface area contributed by atoms with Crippen molar-refractivity contribution >= 4 is 0 Å². The van der Waals surface area contributed by atoms with E-state index in [-0.39, 0.29) is 5.54 Å². The van der Waals surface area contributed by atoms with Crippen LogP contribution in [0.4, 0.5) is 0 Å². The van der Waals surface area contributed by atoms with Crippen molar-refractivity contribution in [2.24, 2.45) is 5.41 Å². The van der Waals surface area contributed by atoms with E-state index in [4.69, 9.17) is 5.26 Å². The van der Waals surface area contributed by atoms with Gasteiger partial charge in [0.15, 0.2) is 0 Å². The Hall–Kier alpha value is -0.550. The van der Waals surface area contributed by atoms with Crippen LogP contribution in [-0.2, 0) is 0 Å². The molecular weight excluding hydrogens is 148 g/mol. The van der Waals surface area contributed by atoms with Crippen LogP contribution < -0.4 is 5.32 Å². The van der Waals surface area contributed by atoms with E-state index < -0.39 is 0 Å². The number of hydrogen-bond acceptors (Lipinski definition) is 2. The molecule has 0 unspecified atom stereocenters. The van der Waals surface area contributed by atoms with Gasteiger partial charge in [0.2, 0.25) is 0 Å². The van der Waals surface area contributed by atoms with Crippen LogP contribution in [0, 0.1) is 16.7 Å². The lowest BCUT2D eigenvalue weighted by atomic mass is 10.0. The summed E-state index contributed by atoms with van der Waals surface area (Å²) in [5.41, 5.74) is 0.521. The van der Waals surface area contributed by atoms with E-state index in [9.17, 15) is 0 Å². The lowest BCUT2D eigenvalue weighted by Crippen LogP contribution is -2.39. The summed E-state index contributed by atoms with van der Waals surface area (Å²) in [7, 11) is 0. The molecule has 68 valence electrons. The van der Waals surface area contributed by atoms with E-state index in [1.807, 2.05) is 0 Å². The average Bonchev–Trinajstić information content (AvgIpc) is 2.65. The molecule has 0 aromatic rings. The SMILES string of the molecule is CC(C)(C)NCC1(CC#N)CC1. The Kier molecular flexibility index (Phi) is 2.44. The molecule has 0 aliphatic heterocycles. The van der Waals surface area contributed by atoms with Gasteiger partial charge in [-0.15, -0.1) is 0 Å².